The summed E-state index contributed by atoms with van der Waals surface area (Å²) in [7, 11) is 1.55. The Kier molecular flexibility index (Phi) is 3.58. The zero-order chi connectivity index (χ0) is 16.7. The van der Waals surface area contributed by atoms with Gasteiger partial charge in [0, 0.05) is 50.3 Å². The van der Waals surface area contributed by atoms with Gasteiger partial charge >= 0.3 is 0 Å². The first-order valence-corrected chi connectivity index (χ1v) is 8.36. The molecule has 0 aliphatic heterocycles. The van der Waals surface area contributed by atoms with Crippen LogP contribution in [0, 0.1) is 12.7 Å². The number of fused-ring (bicyclic) bond motifs is 1. The molecule has 1 N–H and O–H groups in total. The predicted molar refractivity (Wildman–Crippen MR) is 96.1 cm³/mol. The quantitative estimate of drug-likeness (QED) is 0.542. The Morgan fingerprint density at radius 1 is 1.08 bits per heavy atom. The second-order valence-corrected chi connectivity index (χ2v) is 6.83. The fraction of sp³-hybridized carbons (Fsp3) is 0.105. The molecule has 1 aromatic carbocycles. The molecule has 0 aliphatic carbocycles. The Balaban J connectivity index is 2.01. The number of nitrogens with one attached hydrogen (secondary N) is 1. The van der Waals surface area contributed by atoms with E-state index in [1.54, 1.807) is 30.7 Å². The topological polar surface area (TPSA) is 37.9 Å². The van der Waals surface area contributed by atoms with Crippen molar-refractivity contribution in [3.05, 3.63) is 59.5 Å². The third-order valence-corrected chi connectivity index (χ3v) is 5.07. The number of pyridine rings is 1. The first kappa shape index (κ1) is 14.9. The van der Waals surface area contributed by atoms with Gasteiger partial charge in [-0.1, -0.05) is 0 Å². The van der Waals surface area contributed by atoms with E-state index >= 15 is 0 Å². The molecular weight excluding hydrogens is 323 g/mol. The van der Waals surface area contributed by atoms with Crippen molar-refractivity contribution in [3.8, 4) is 27.3 Å². The summed E-state index contributed by atoms with van der Waals surface area (Å²) in [6, 6.07) is 10.8. The van der Waals surface area contributed by atoms with E-state index in [4.69, 9.17) is 4.74 Å². The molecule has 0 saturated heterocycles. The number of nitrogens with zero attached hydrogens (tertiary/aromatic N) is 1. The normalized spacial score (nSPS) is 11.1. The number of thiophene rings is 1. The van der Waals surface area contributed by atoms with Crippen molar-refractivity contribution < 1.29 is 9.13 Å². The molecule has 3 heterocycles. The summed E-state index contributed by atoms with van der Waals surface area (Å²) in [6.45, 7) is 2.09. The minimum atomic E-state index is -0.317. The predicted octanol–water partition coefficient (Wildman–Crippen LogP) is 5.41. The van der Waals surface area contributed by atoms with Gasteiger partial charge in [0.25, 0.3) is 0 Å². The van der Waals surface area contributed by atoms with Crippen molar-refractivity contribution in [1.29, 1.82) is 0 Å². The zero-order valence-corrected chi connectivity index (χ0v) is 14.1. The van der Waals surface area contributed by atoms with Crippen LogP contribution in [0.2, 0.25) is 0 Å². The SMILES string of the molecule is COc1cc(F)ccc1-c1c[nH]c2nccc(-c3ccc(C)s3)c12. The Morgan fingerprint density at radius 3 is 2.71 bits per heavy atom. The Morgan fingerprint density at radius 2 is 1.96 bits per heavy atom. The van der Waals surface area contributed by atoms with Gasteiger partial charge in [-0.2, -0.15) is 0 Å². The van der Waals surface area contributed by atoms with Gasteiger partial charge in [0.15, 0.2) is 0 Å². The number of H-pyrrole nitrogens is 1. The number of benzene rings is 1. The highest BCUT2D eigenvalue weighted by atomic mass is 32.1. The van der Waals surface area contributed by atoms with Crippen LogP contribution in [0.1, 0.15) is 4.88 Å². The van der Waals surface area contributed by atoms with Crippen LogP contribution >= 0.6 is 11.3 Å². The number of aryl methyl sites for hydroxylation is 1. The lowest BCUT2D eigenvalue weighted by molar-refractivity contribution is 0.413. The number of hydrogen-bond acceptors (Lipinski definition) is 3. The van der Waals surface area contributed by atoms with Crippen LogP contribution in [0.4, 0.5) is 4.39 Å². The van der Waals surface area contributed by atoms with E-state index in [9.17, 15) is 4.39 Å². The first-order chi connectivity index (χ1) is 11.7. The average molecular weight is 338 g/mol. The molecular formula is C19H15FN2OS. The number of aromatic amines is 1. The molecule has 0 saturated carbocycles. The van der Waals surface area contributed by atoms with Crippen molar-refractivity contribution in [2.45, 2.75) is 6.92 Å². The molecule has 0 unspecified atom stereocenters. The minimum absolute atomic E-state index is 0.317. The van der Waals surface area contributed by atoms with Gasteiger partial charge in [-0.05, 0) is 37.3 Å². The van der Waals surface area contributed by atoms with Crippen molar-refractivity contribution >= 4 is 22.4 Å². The van der Waals surface area contributed by atoms with E-state index in [0.717, 1.165) is 27.7 Å². The van der Waals surface area contributed by atoms with Gasteiger partial charge in [0.2, 0.25) is 0 Å². The third-order valence-electron chi connectivity index (χ3n) is 4.03. The minimum Gasteiger partial charge on any atom is -0.496 e. The van der Waals surface area contributed by atoms with Gasteiger partial charge < -0.3 is 9.72 Å². The number of halogens is 1. The summed E-state index contributed by atoms with van der Waals surface area (Å²) in [5, 5.41) is 1.02. The summed E-state index contributed by atoms with van der Waals surface area (Å²) in [6.07, 6.45) is 3.70. The number of ether oxygens (including phenoxy) is 1. The third kappa shape index (κ3) is 2.37. The molecule has 4 aromatic rings. The fourth-order valence-corrected chi connectivity index (χ4v) is 3.84. The molecule has 0 spiro atoms. The summed E-state index contributed by atoms with van der Waals surface area (Å²) in [5.74, 6) is 0.190. The molecule has 0 bridgehead atoms. The number of aromatic nitrogens is 2. The van der Waals surface area contributed by atoms with E-state index < -0.39 is 0 Å². The largest absolute Gasteiger partial charge is 0.496 e. The van der Waals surface area contributed by atoms with Crippen molar-refractivity contribution in [3.63, 3.8) is 0 Å². The van der Waals surface area contributed by atoms with Crippen molar-refractivity contribution in [1.82, 2.24) is 9.97 Å². The summed E-state index contributed by atoms with van der Waals surface area (Å²) in [4.78, 5) is 10.1. The van der Waals surface area contributed by atoms with Crippen LogP contribution in [0.15, 0.2) is 48.8 Å². The maximum atomic E-state index is 13.5. The molecule has 3 aromatic heterocycles. The highest BCUT2D eigenvalue weighted by Gasteiger charge is 2.17. The standard InChI is InChI=1S/C19H15FN2OS/c1-11-3-6-17(24-11)14-7-8-21-19-18(14)15(10-22-19)13-5-4-12(20)9-16(13)23-2/h3-10H,1-2H3,(H,21,22). The fourth-order valence-electron chi connectivity index (χ4n) is 2.94. The van der Waals surface area contributed by atoms with Crippen LogP contribution in [-0.4, -0.2) is 17.1 Å². The number of methoxy groups -OCH3 is 1. The van der Waals surface area contributed by atoms with Gasteiger partial charge in [0.1, 0.15) is 17.2 Å². The van der Waals surface area contributed by atoms with E-state index in [2.05, 4.69) is 29.0 Å². The molecule has 3 nitrogen and oxygen atoms in total. The number of rotatable bonds is 3. The Bertz CT molecular complexity index is 1030. The molecule has 0 amide bonds. The smallest absolute Gasteiger partial charge is 0.138 e. The van der Waals surface area contributed by atoms with Crippen LogP contribution < -0.4 is 4.74 Å². The van der Waals surface area contributed by atoms with E-state index in [-0.39, 0.29) is 5.82 Å². The lowest BCUT2D eigenvalue weighted by Crippen LogP contribution is -1.89. The van der Waals surface area contributed by atoms with Gasteiger partial charge in [0.05, 0.1) is 7.11 Å². The van der Waals surface area contributed by atoms with E-state index in [1.165, 1.54) is 21.9 Å². The van der Waals surface area contributed by atoms with Crippen LogP contribution in [0.3, 0.4) is 0 Å². The number of hydrogen-bond donors (Lipinski definition) is 1. The molecule has 0 fully saturated rings. The van der Waals surface area contributed by atoms with Crippen LogP contribution in [0.25, 0.3) is 32.6 Å². The lowest BCUT2D eigenvalue weighted by Gasteiger charge is -2.09. The average Bonchev–Trinajstić information content (AvgIpc) is 3.21. The highest BCUT2D eigenvalue weighted by molar-refractivity contribution is 7.15. The first-order valence-electron chi connectivity index (χ1n) is 7.54. The molecule has 120 valence electrons. The molecule has 5 heteroatoms. The second kappa shape index (κ2) is 5.76. The van der Waals surface area contributed by atoms with Gasteiger partial charge in [-0.3, -0.25) is 0 Å². The van der Waals surface area contributed by atoms with Gasteiger partial charge in [-0.25, -0.2) is 9.37 Å². The monoisotopic (exact) mass is 338 g/mol. The summed E-state index contributed by atoms with van der Waals surface area (Å²) >= 11 is 1.74. The van der Waals surface area contributed by atoms with Crippen LogP contribution in [0.5, 0.6) is 5.75 Å². The summed E-state index contributed by atoms with van der Waals surface area (Å²) in [5.41, 5.74) is 3.71. The maximum Gasteiger partial charge on any atom is 0.138 e. The summed E-state index contributed by atoms with van der Waals surface area (Å²) < 4.78 is 18.9. The van der Waals surface area contributed by atoms with Crippen molar-refractivity contribution in [2.24, 2.45) is 0 Å². The highest BCUT2D eigenvalue weighted by Crippen LogP contribution is 2.41. The molecule has 24 heavy (non-hydrogen) atoms. The second-order valence-electron chi connectivity index (χ2n) is 5.54. The molecule has 4 rings (SSSR count). The van der Waals surface area contributed by atoms with Crippen LogP contribution in [-0.2, 0) is 0 Å². The molecule has 0 atom stereocenters. The van der Waals surface area contributed by atoms with E-state index in [1.807, 2.05) is 12.3 Å². The van der Waals surface area contributed by atoms with Gasteiger partial charge in [-0.15, -0.1) is 11.3 Å². The Hall–Kier alpha value is -2.66. The lowest BCUT2D eigenvalue weighted by atomic mass is 10.0. The maximum absolute atomic E-state index is 13.5. The zero-order valence-electron chi connectivity index (χ0n) is 13.3. The molecule has 0 aliphatic rings. The van der Waals surface area contributed by atoms with E-state index in [0.29, 0.717) is 5.75 Å². The van der Waals surface area contributed by atoms with Crippen molar-refractivity contribution in [2.75, 3.05) is 7.11 Å². The Labute approximate surface area is 142 Å². The molecule has 0 radical (unpaired) electrons.